The van der Waals surface area contributed by atoms with E-state index in [1.165, 1.54) is 6.33 Å². The maximum Gasteiger partial charge on any atom is 0.226 e. The van der Waals surface area contributed by atoms with Crippen LogP contribution < -0.4 is 11.1 Å². The SMILES string of the molecule is NCc1cccc2c(-c3ncnc(NCc4ccccc4)n3)n[nH]c12. The van der Waals surface area contributed by atoms with Crippen molar-refractivity contribution in [1.82, 2.24) is 25.1 Å². The smallest absolute Gasteiger partial charge is 0.226 e. The summed E-state index contributed by atoms with van der Waals surface area (Å²) in [5, 5.41) is 11.6. The van der Waals surface area contributed by atoms with Crippen LogP contribution in [0, 0.1) is 0 Å². The minimum atomic E-state index is 0.445. The van der Waals surface area contributed by atoms with Crippen LogP contribution in [0.2, 0.25) is 0 Å². The quantitative estimate of drug-likeness (QED) is 0.519. The highest BCUT2D eigenvalue weighted by Crippen LogP contribution is 2.25. The third kappa shape index (κ3) is 3.05. The number of rotatable bonds is 5. The lowest BCUT2D eigenvalue weighted by Crippen LogP contribution is -2.05. The number of nitrogens with one attached hydrogen (secondary N) is 2. The second-order valence-corrected chi connectivity index (χ2v) is 5.59. The van der Waals surface area contributed by atoms with Crippen molar-refractivity contribution in [3.8, 4) is 11.5 Å². The molecular weight excluding hydrogens is 314 g/mol. The Bertz CT molecular complexity index is 995. The van der Waals surface area contributed by atoms with Crippen molar-refractivity contribution in [3.63, 3.8) is 0 Å². The number of aromatic nitrogens is 5. The molecule has 4 rings (SSSR count). The van der Waals surface area contributed by atoms with Gasteiger partial charge in [0.15, 0.2) is 5.82 Å². The van der Waals surface area contributed by atoms with Crippen molar-refractivity contribution in [2.24, 2.45) is 5.73 Å². The van der Waals surface area contributed by atoms with Gasteiger partial charge in [0, 0.05) is 18.5 Å². The van der Waals surface area contributed by atoms with Crippen molar-refractivity contribution in [3.05, 3.63) is 66.0 Å². The highest BCUT2D eigenvalue weighted by molar-refractivity contribution is 5.93. The van der Waals surface area contributed by atoms with Gasteiger partial charge in [-0.25, -0.2) is 9.97 Å². The van der Waals surface area contributed by atoms with Crippen LogP contribution in [0.3, 0.4) is 0 Å². The fourth-order valence-corrected chi connectivity index (χ4v) is 2.71. The van der Waals surface area contributed by atoms with Crippen LogP contribution in [-0.2, 0) is 13.1 Å². The summed E-state index contributed by atoms with van der Waals surface area (Å²) >= 11 is 0. The van der Waals surface area contributed by atoms with E-state index in [1.54, 1.807) is 0 Å². The van der Waals surface area contributed by atoms with Crippen LogP contribution in [-0.4, -0.2) is 25.1 Å². The van der Waals surface area contributed by atoms with Crippen LogP contribution in [0.25, 0.3) is 22.4 Å². The molecule has 0 saturated heterocycles. The highest BCUT2D eigenvalue weighted by Gasteiger charge is 2.13. The number of nitrogens with two attached hydrogens (primary N) is 1. The molecule has 0 radical (unpaired) electrons. The highest BCUT2D eigenvalue weighted by atomic mass is 15.2. The Morgan fingerprint density at radius 3 is 2.72 bits per heavy atom. The van der Waals surface area contributed by atoms with Gasteiger partial charge in [0.2, 0.25) is 5.95 Å². The summed E-state index contributed by atoms with van der Waals surface area (Å²) in [5.41, 5.74) is 9.55. The first-order valence-electron chi connectivity index (χ1n) is 7.98. The van der Waals surface area contributed by atoms with Crippen LogP contribution >= 0.6 is 0 Å². The van der Waals surface area contributed by atoms with Crippen molar-refractivity contribution < 1.29 is 0 Å². The molecule has 4 N–H and O–H groups in total. The molecule has 25 heavy (non-hydrogen) atoms. The maximum atomic E-state index is 5.78. The maximum absolute atomic E-state index is 5.78. The molecule has 0 fully saturated rings. The Labute approximate surface area is 144 Å². The molecule has 0 aliphatic rings. The molecular formula is C18H17N7. The Hall–Kier alpha value is -3.32. The van der Waals surface area contributed by atoms with E-state index in [4.69, 9.17) is 5.73 Å². The lowest BCUT2D eigenvalue weighted by Gasteiger charge is -2.05. The lowest BCUT2D eigenvalue weighted by molar-refractivity contribution is 0.993. The molecule has 0 amide bonds. The molecule has 0 aliphatic carbocycles. The predicted molar refractivity (Wildman–Crippen MR) is 96.6 cm³/mol. The number of H-pyrrole nitrogens is 1. The first kappa shape index (κ1) is 15.2. The lowest BCUT2D eigenvalue weighted by atomic mass is 10.1. The predicted octanol–water partition coefficient (Wildman–Crippen LogP) is 2.49. The summed E-state index contributed by atoms with van der Waals surface area (Å²) < 4.78 is 0. The van der Waals surface area contributed by atoms with E-state index in [0.717, 1.165) is 22.0 Å². The normalized spacial score (nSPS) is 10.9. The van der Waals surface area contributed by atoms with Crippen LogP contribution in [0.15, 0.2) is 54.9 Å². The monoisotopic (exact) mass is 331 g/mol. The van der Waals surface area contributed by atoms with Gasteiger partial charge in [-0.1, -0.05) is 48.5 Å². The molecule has 124 valence electrons. The molecule has 7 heteroatoms. The minimum Gasteiger partial charge on any atom is -0.350 e. The molecule has 0 bridgehead atoms. The fourth-order valence-electron chi connectivity index (χ4n) is 2.71. The third-order valence-corrected chi connectivity index (χ3v) is 3.98. The largest absolute Gasteiger partial charge is 0.350 e. The van der Waals surface area contributed by atoms with Gasteiger partial charge in [0.25, 0.3) is 0 Å². The van der Waals surface area contributed by atoms with E-state index in [0.29, 0.717) is 30.6 Å². The number of fused-ring (bicyclic) bond motifs is 1. The van der Waals surface area contributed by atoms with Gasteiger partial charge >= 0.3 is 0 Å². The molecule has 0 aliphatic heterocycles. The van der Waals surface area contributed by atoms with Gasteiger partial charge in [-0.3, -0.25) is 5.10 Å². The molecule has 0 atom stereocenters. The van der Waals surface area contributed by atoms with E-state index in [-0.39, 0.29) is 0 Å². The number of para-hydroxylation sites is 1. The van der Waals surface area contributed by atoms with Crippen LogP contribution in [0.4, 0.5) is 5.95 Å². The van der Waals surface area contributed by atoms with E-state index >= 15 is 0 Å². The zero-order valence-electron chi connectivity index (χ0n) is 13.5. The van der Waals surface area contributed by atoms with Gasteiger partial charge in [-0.2, -0.15) is 10.1 Å². The van der Waals surface area contributed by atoms with E-state index < -0.39 is 0 Å². The molecule has 2 heterocycles. The average molecular weight is 331 g/mol. The Kier molecular flexibility index (Phi) is 4.05. The topological polar surface area (TPSA) is 105 Å². The number of hydrogen-bond donors (Lipinski definition) is 3. The van der Waals surface area contributed by atoms with Gasteiger partial charge in [-0.15, -0.1) is 0 Å². The van der Waals surface area contributed by atoms with Crippen molar-refractivity contribution >= 4 is 16.9 Å². The summed E-state index contributed by atoms with van der Waals surface area (Å²) in [6.07, 6.45) is 1.49. The van der Waals surface area contributed by atoms with Gasteiger partial charge in [-0.05, 0) is 11.1 Å². The Morgan fingerprint density at radius 2 is 1.88 bits per heavy atom. The minimum absolute atomic E-state index is 0.445. The second-order valence-electron chi connectivity index (χ2n) is 5.59. The summed E-state index contributed by atoms with van der Waals surface area (Å²) in [6.45, 7) is 1.09. The second kappa shape index (κ2) is 6.66. The summed E-state index contributed by atoms with van der Waals surface area (Å²) in [6, 6.07) is 16.0. The summed E-state index contributed by atoms with van der Waals surface area (Å²) in [5.74, 6) is 1.03. The zero-order chi connectivity index (χ0) is 17.1. The number of benzene rings is 2. The molecule has 4 aromatic rings. The van der Waals surface area contributed by atoms with Crippen LogP contribution in [0.1, 0.15) is 11.1 Å². The molecule has 2 aromatic heterocycles. The Morgan fingerprint density at radius 1 is 1.00 bits per heavy atom. The van der Waals surface area contributed by atoms with Gasteiger partial charge in [0.1, 0.15) is 12.0 Å². The number of aromatic amines is 1. The summed E-state index contributed by atoms with van der Waals surface area (Å²) in [7, 11) is 0. The summed E-state index contributed by atoms with van der Waals surface area (Å²) in [4.78, 5) is 12.9. The first-order valence-corrected chi connectivity index (χ1v) is 7.98. The van der Waals surface area contributed by atoms with Gasteiger partial charge < -0.3 is 11.1 Å². The molecule has 7 nitrogen and oxygen atoms in total. The van der Waals surface area contributed by atoms with E-state index in [9.17, 15) is 0 Å². The fraction of sp³-hybridized carbons (Fsp3) is 0.111. The van der Waals surface area contributed by atoms with Crippen molar-refractivity contribution in [2.45, 2.75) is 13.1 Å². The van der Waals surface area contributed by atoms with Crippen molar-refractivity contribution in [2.75, 3.05) is 5.32 Å². The first-order chi connectivity index (χ1) is 12.3. The zero-order valence-corrected chi connectivity index (χ0v) is 13.5. The van der Waals surface area contributed by atoms with Gasteiger partial charge in [0.05, 0.1) is 5.52 Å². The van der Waals surface area contributed by atoms with Crippen molar-refractivity contribution in [1.29, 1.82) is 0 Å². The van der Waals surface area contributed by atoms with Crippen LogP contribution in [0.5, 0.6) is 0 Å². The number of nitrogens with zero attached hydrogens (tertiary/aromatic N) is 4. The molecule has 0 spiro atoms. The average Bonchev–Trinajstić information content (AvgIpc) is 3.12. The molecule has 2 aromatic carbocycles. The third-order valence-electron chi connectivity index (χ3n) is 3.98. The standard InChI is InChI=1S/C18H17N7/c19-9-13-7-4-8-14-15(13)24-25-16(14)17-21-11-22-18(23-17)20-10-12-5-2-1-3-6-12/h1-8,11H,9-10,19H2,(H,24,25)(H,20,21,22,23). The molecule has 0 unspecified atom stereocenters. The van der Waals surface area contributed by atoms with E-state index in [1.807, 2.05) is 48.5 Å². The van der Waals surface area contributed by atoms with E-state index in [2.05, 4.69) is 30.5 Å². The molecule has 0 saturated carbocycles. The number of hydrogen-bond acceptors (Lipinski definition) is 6. The number of anilines is 1. The Balaban J connectivity index is 1.63.